The van der Waals surface area contributed by atoms with E-state index in [4.69, 9.17) is 27.9 Å². The van der Waals surface area contributed by atoms with Crippen LogP contribution in [0.4, 0.5) is 5.69 Å². The summed E-state index contributed by atoms with van der Waals surface area (Å²) in [5.74, 6) is 0.727. The van der Waals surface area contributed by atoms with Gasteiger partial charge in [-0.05, 0) is 42.7 Å². The maximum atomic E-state index is 12.7. The molecule has 0 spiro atoms. The lowest BCUT2D eigenvalue weighted by Crippen LogP contribution is -2.15. The highest BCUT2D eigenvalue weighted by atomic mass is 79.9. The Balaban J connectivity index is 2.23. The Morgan fingerprint density at radius 3 is 2.50 bits per heavy atom. The van der Waals surface area contributed by atoms with Gasteiger partial charge >= 0.3 is 0 Å². The van der Waals surface area contributed by atoms with E-state index in [1.807, 2.05) is 6.07 Å². The van der Waals surface area contributed by atoms with Crippen LogP contribution in [-0.2, 0) is 0 Å². The lowest BCUT2D eigenvalue weighted by molar-refractivity contribution is 0.102. The molecule has 0 radical (unpaired) electrons. The molecule has 24 heavy (non-hydrogen) atoms. The molecule has 2 aromatic carbocycles. The molecule has 0 heterocycles. The Morgan fingerprint density at radius 1 is 1.21 bits per heavy atom. The molecule has 0 aliphatic carbocycles. The van der Waals surface area contributed by atoms with Crippen molar-refractivity contribution >= 4 is 50.7 Å². The van der Waals surface area contributed by atoms with Gasteiger partial charge in [-0.3, -0.25) is 4.79 Å². The number of rotatable bonds is 6. The third-order valence-electron chi connectivity index (χ3n) is 3.34. The molecule has 0 saturated heterocycles. The van der Waals surface area contributed by atoms with E-state index in [1.54, 1.807) is 30.3 Å². The maximum Gasteiger partial charge on any atom is 0.259 e. The van der Waals surface area contributed by atoms with Gasteiger partial charge < -0.3 is 10.1 Å². The van der Waals surface area contributed by atoms with Gasteiger partial charge in [0.05, 0.1) is 27.9 Å². The first-order valence-electron chi connectivity index (χ1n) is 7.56. The van der Waals surface area contributed by atoms with Gasteiger partial charge in [-0.25, -0.2) is 0 Å². The number of benzene rings is 2. The maximum absolute atomic E-state index is 12.7. The molecule has 128 valence electrons. The van der Waals surface area contributed by atoms with Crippen molar-refractivity contribution < 1.29 is 9.53 Å². The molecular formula is C18H18BrCl2NO2. The summed E-state index contributed by atoms with van der Waals surface area (Å²) >= 11 is 15.6. The van der Waals surface area contributed by atoms with Crippen LogP contribution in [0.3, 0.4) is 0 Å². The van der Waals surface area contributed by atoms with Crippen LogP contribution in [0.2, 0.25) is 10.0 Å². The van der Waals surface area contributed by atoms with Crippen molar-refractivity contribution in [2.24, 2.45) is 5.92 Å². The van der Waals surface area contributed by atoms with Crippen molar-refractivity contribution in [2.45, 2.75) is 20.3 Å². The smallest absolute Gasteiger partial charge is 0.259 e. The molecule has 2 rings (SSSR count). The molecule has 0 aliphatic heterocycles. The second-order valence-corrected chi connectivity index (χ2v) is 7.45. The Kier molecular flexibility index (Phi) is 6.96. The molecule has 3 nitrogen and oxygen atoms in total. The third kappa shape index (κ3) is 5.13. The van der Waals surface area contributed by atoms with E-state index < -0.39 is 0 Å². The number of amides is 1. The monoisotopic (exact) mass is 429 g/mol. The molecule has 1 N–H and O–H groups in total. The lowest BCUT2D eigenvalue weighted by atomic mass is 10.1. The van der Waals surface area contributed by atoms with Crippen LogP contribution in [0, 0.1) is 5.92 Å². The highest BCUT2D eigenvalue weighted by Gasteiger charge is 2.16. The van der Waals surface area contributed by atoms with Crippen LogP contribution in [0.25, 0.3) is 0 Å². The van der Waals surface area contributed by atoms with Crippen molar-refractivity contribution in [3.63, 3.8) is 0 Å². The minimum Gasteiger partial charge on any atom is -0.493 e. The van der Waals surface area contributed by atoms with Crippen LogP contribution in [-0.4, -0.2) is 12.5 Å². The van der Waals surface area contributed by atoms with E-state index >= 15 is 0 Å². The first-order chi connectivity index (χ1) is 11.4. The molecule has 0 aromatic heterocycles. The number of carbonyl (C=O) groups is 1. The fourth-order valence-electron chi connectivity index (χ4n) is 2.01. The summed E-state index contributed by atoms with van der Waals surface area (Å²) in [5.41, 5.74) is 0.808. The van der Waals surface area contributed by atoms with Crippen LogP contribution in [0.5, 0.6) is 5.75 Å². The van der Waals surface area contributed by atoms with Crippen molar-refractivity contribution in [1.82, 2.24) is 0 Å². The summed E-state index contributed by atoms with van der Waals surface area (Å²) in [5, 5.41) is 3.52. The normalized spacial score (nSPS) is 10.8. The average Bonchev–Trinajstić information content (AvgIpc) is 2.52. The summed E-state index contributed by atoms with van der Waals surface area (Å²) < 4.78 is 6.56. The molecule has 1 amide bonds. The van der Waals surface area contributed by atoms with Gasteiger partial charge in [0, 0.05) is 4.47 Å². The summed E-state index contributed by atoms with van der Waals surface area (Å²) in [6, 6.07) is 10.4. The molecule has 0 atom stereocenters. The van der Waals surface area contributed by atoms with Gasteiger partial charge in [0.25, 0.3) is 5.91 Å². The molecule has 0 bridgehead atoms. The van der Waals surface area contributed by atoms with Gasteiger partial charge in [-0.15, -0.1) is 0 Å². The number of para-hydroxylation sites is 1. The second kappa shape index (κ2) is 8.75. The Morgan fingerprint density at radius 2 is 1.88 bits per heavy atom. The molecule has 6 heteroatoms. The largest absolute Gasteiger partial charge is 0.493 e. The zero-order valence-electron chi connectivity index (χ0n) is 13.4. The van der Waals surface area contributed by atoms with Crippen molar-refractivity contribution in [2.75, 3.05) is 11.9 Å². The van der Waals surface area contributed by atoms with E-state index in [2.05, 4.69) is 35.1 Å². The van der Waals surface area contributed by atoms with Gasteiger partial charge in [0.15, 0.2) is 0 Å². The molecule has 2 aromatic rings. The Labute approximate surface area is 160 Å². The number of anilines is 1. The molecule has 0 unspecified atom stereocenters. The highest BCUT2D eigenvalue weighted by Crippen LogP contribution is 2.31. The van der Waals surface area contributed by atoms with Crippen LogP contribution < -0.4 is 10.1 Å². The summed E-state index contributed by atoms with van der Waals surface area (Å²) in [7, 11) is 0. The van der Waals surface area contributed by atoms with E-state index in [1.165, 1.54) is 0 Å². The van der Waals surface area contributed by atoms with Crippen molar-refractivity contribution in [1.29, 1.82) is 0 Å². The second-order valence-electron chi connectivity index (χ2n) is 5.72. The number of nitrogens with one attached hydrogen (secondary N) is 1. The average molecular weight is 431 g/mol. The van der Waals surface area contributed by atoms with Crippen LogP contribution in [0.1, 0.15) is 30.6 Å². The molecule has 0 saturated carbocycles. The number of halogens is 3. The predicted molar refractivity (Wildman–Crippen MR) is 104 cm³/mol. The van der Waals surface area contributed by atoms with Gasteiger partial charge in [-0.2, -0.15) is 0 Å². The van der Waals surface area contributed by atoms with E-state index in [9.17, 15) is 4.79 Å². The summed E-state index contributed by atoms with van der Waals surface area (Å²) in [4.78, 5) is 12.7. The topological polar surface area (TPSA) is 38.3 Å². The standard InChI is InChI=1S/C18H18BrCl2NO2/c1-11(2)8-9-24-16-7-6-12(19)10-13(16)18(23)22-17-14(20)4-3-5-15(17)21/h3-7,10-11H,8-9H2,1-2H3,(H,22,23). The molecule has 0 fully saturated rings. The first kappa shape index (κ1) is 19.1. The fourth-order valence-corrected chi connectivity index (χ4v) is 2.86. The van der Waals surface area contributed by atoms with Crippen molar-refractivity contribution in [3.8, 4) is 5.75 Å². The third-order valence-corrected chi connectivity index (χ3v) is 4.46. The van der Waals surface area contributed by atoms with E-state index in [0.717, 1.165) is 10.9 Å². The Bertz CT molecular complexity index is 715. The highest BCUT2D eigenvalue weighted by molar-refractivity contribution is 9.10. The zero-order chi connectivity index (χ0) is 17.7. The zero-order valence-corrected chi connectivity index (χ0v) is 16.5. The first-order valence-corrected chi connectivity index (χ1v) is 9.11. The van der Waals surface area contributed by atoms with E-state index in [0.29, 0.717) is 39.6 Å². The van der Waals surface area contributed by atoms with Crippen LogP contribution in [0.15, 0.2) is 40.9 Å². The molecule has 0 aliphatic rings. The summed E-state index contributed by atoms with van der Waals surface area (Å²) in [6.07, 6.45) is 0.910. The Hall–Kier alpha value is -1.23. The number of carbonyl (C=O) groups excluding carboxylic acids is 1. The number of hydrogen-bond donors (Lipinski definition) is 1. The lowest BCUT2D eigenvalue weighted by Gasteiger charge is -2.14. The van der Waals surface area contributed by atoms with Gasteiger partial charge in [-0.1, -0.05) is 59.0 Å². The SMILES string of the molecule is CC(C)CCOc1ccc(Br)cc1C(=O)Nc1c(Cl)cccc1Cl. The van der Waals surface area contributed by atoms with Gasteiger partial charge in [0.2, 0.25) is 0 Å². The van der Waals surface area contributed by atoms with Gasteiger partial charge in [0.1, 0.15) is 5.75 Å². The quantitative estimate of drug-likeness (QED) is 0.572. The molecular weight excluding hydrogens is 413 g/mol. The number of hydrogen-bond acceptors (Lipinski definition) is 2. The summed E-state index contributed by atoms with van der Waals surface area (Å²) in [6.45, 7) is 4.79. The van der Waals surface area contributed by atoms with Crippen LogP contribution >= 0.6 is 39.1 Å². The van der Waals surface area contributed by atoms with E-state index in [-0.39, 0.29) is 5.91 Å². The van der Waals surface area contributed by atoms with Crippen molar-refractivity contribution in [3.05, 3.63) is 56.5 Å². The number of ether oxygens (including phenoxy) is 1. The minimum atomic E-state index is -0.328. The minimum absolute atomic E-state index is 0.328. The fraction of sp³-hybridized carbons (Fsp3) is 0.278. The predicted octanol–water partition coefficient (Wildman–Crippen LogP) is 6.43.